The maximum absolute atomic E-state index is 6.92. The molecule has 0 aliphatic heterocycles. The summed E-state index contributed by atoms with van der Waals surface area (Å²) >= 11 is 0. The number of furan rings is 2. The maximum Gasteiger partial charge on any atom is 0.159 e. The Bertz CT molecular complexity index is 2810. The van der Waals surface area contributed by atoms with Gasteiger partial charge in [0, 0.05) is 32.8 Å². The summed E-state index contributed by atoms with van der Waals surface area (Å²) in [7, 11) is 0. The lowest BCUT2D eigenvalue weighted by molar-refractivity contribution is 0.669. The van der Waals surface area contributed by atoms with Crippen molar-refractivity contribution in [3.05, 3.63) is 176 Å². The first-order chi connectivity index (χ1) is 24.3. The highest BCUT2D eigenvalue weighted by atomic mass is 16.3. The highest BCUT2D eigenvalue weighted by molar-refractivity contribution is 6.20. The Morgan fingerprint density at radius 1 is 0.347 bits per heavy atom. The van der Waals surface area contributed by atoms with Crippen molar-refractivity contribution in [1.29, 1.82) is 0 Å². The van der Waals surface area contributed by atoms with Gasteiger partial charge < -0.3 is 13.7 Å². The first-order valence-corrected chi connectivity index (χ1v) is 16.6. The van der Waals surface area contributed by atoms with Gasteiger partial charge in [0.15, 0.2) is 5.58 Å². The van der Waals surface area contributed by atoms with Crippen molar-refractivity contribution in [2.24, 2.45) is 0 Å². The van der Waals surface area contributed by atoms with E-state index in [0.717, 1.165) is 88.4 Å². The van der Waals surface area contributed by atoms with Crippen LogP contribution in [-0.2, 0) is 0 Å². The molecule has 49 heavy (non-hydrogen) atoms. The second-order valence-corrected chi connectivity index (χ2v) is 12.5. The van der Waals surface area contributed by atoms with Crippen LogP contribution in [0.1, 0.15) is 0 Å². The molecule has 0 radical (unpaired) electrons. The molecular formula is C46H29NO2. The summed E-state index contributed by atoms with van der Waals surface area (Å²) in [5.74, 6) is 0. The number of rotatable bonds is 5. The molecule has 8 aromatic carbocycles. The monoisotopic (exact) mass is 627 g/mol. The first-order valence-electron chi connectivity index (χ1n) is 16.6. The van der Waals surface area contributed by atoms with E-state index in [1.807, 2.05) is 12.1 Å². The summed E-state index contributed by atoms with van der Waals surface area (Å²) < 4.78 is 13.6. The Balaban J connectivity index is 1.28. The summed E-state index contributed by atoms with van der Waals surface area (Å²) in [5.41, 5.74) is 11.0. The minimum absolute atomic E-state index is 0.842. The molecule has 0 aliphatic rings. The molecule has 3 heteroatoms. The van der Waals surface area contributed by atoms with Crippen LogP contribution in [0.4, 0.5) is 17.1 Å². The molecule has 0 N–H and O–H groups in total. The van der Waals surface area contributed by atoms with Crippen molar-refractivity contribution in [2.45, 2.75) is 0 Å². The summed E-state index contributed by atoms with van der Waals surface area (Å²) in [6.45, 7) is 0. The molecule has 0 unspecified atom stereocenters. The van der Waals surface area contributed by atoms with Crippen molar-refractivity contribution in [3.8, 4) is 22.3 Å². The standard InChI is InChI=1S/C46H29NO2/c1-3-12-30(13-4-1)31-22-25-34(26-23-31)47(41-20-11-19-37-38-27-24-33-16-7-8-17-35(33)44(38)49-45(37)41)40-29-28-36(32-14-5-2-6-15-32)46-43(40)39-18-9-10-21-42(39)48-46/h1-29H. The number of benzene rings is 8. The van der Waals surface area contributed by atoms with Crippen molar-refractivity contribution in [2.75, 3.05) is 4.90 Å². The predicted molar refractivity (Wildman–Crippen MR) is 204 cm³/mol. The number of nitrogens with zero attached hydrogens (tertiary/aromatic N) is 1. The lowest BCUT2D eigenvalue weighted by atomic mass is 9.99. The Kier molecular flexibility index (Phi) is 6.18. The average Bonchev–Trinajstić information content (AvgIpc) is 3.76. The van der Waals surface area contributed by atoms with E-state index in [1.165, 1.54) is 5.56 Å². The van der Waals surface area contributed by atoms with Gasteiger partial charge in [-0.25, -0.2) is 0 Å². The van der Waals surface area contributed by atoms with Crippen LogP contribution in [0.2, 0.25) is 0 Å². The van der Waals surface area contributed by atoms with E-state index in [0.29, 0.717) is 0 Å². The van der Waals surface area contributed by atoms with E-state index < -0.39 is 0 Å². The number of fused-ring (bicyclic) bond motifs is 8. The third kappa shape index (κ3) is 4.37. The van der Waals surface area contributed by atoms with Crippen LogP contribution >= 0.6 is 0 Å². The van der Waals surface area contributed by atoms with Gasteiger partial charge in [0.1, 0.15) is 16.7 Å². The first kappa shape index (κ1) is 27.5. The average molecular weight is 628 g/mol. The molecule has 0 amide bonds. The van der Waals surface area contributed by atoms with E-state index in [-0.39, 0.29) is 0 Å². The van der Waals surface area contributed by atoms with Crippen LogP contribution in [0.5, 0.6) is 0 Å². The van der Waals surface area contributed by atoms with Crippen LogP contribution in [0.25, 0.3) is 76.9 Å². The second-order valence-electron chi connectivity index (χ2n) is 12.5. The zero-order valence-corrected chi connectivity index (χ0v) is 26.5. The van der Waals surface area contributed by atoms with E-state index in [2.05, 4.69) is 169 Å². The molecule has 2 aromatic heterocycles. The molecule has 10 rings (SSSR count). The Hall–Kier alpha value is -6.58. The third-order valence-electron chi connectivity index (χ3n) is 9.67. The Morgan fingerprint density at radius 3 is 1.82 bits per heavy atom. The van der Waals surface area contributed by atoms with Crippen molar-refractivity contribution in [1.82, 2.24) is 0 Å². The zero-order valence-electron chi connectivity index (χ0n) is 26.5. The molecule has 230 valence electrons. The molecule has 0 bridgehead atoms. The molecule has 3 nitrogen and oxygen atoms in total. The molecule has 2 heterocycles. The van der Waals surface area contributed by atoms with E-state index >= 15 is 0 Å². The lowest BCUT2D eigenvalue weighted by Gasteiger charge is -2.27. The van der Waals surface area contributed by atoms with Gasteiger partial charge in [0.05, 0.1) is 16.8 Å². The Morgan fingerprint density at radius 2 is 1.00 bits per heavy atom. The minimum Gasteiger partial charge on any atom is -0.455 e. The number of para-hydroxylation sites is 2. The van der Waals surface area contributed by atoms with E-state index in [4.69, 9.17) is 8.83 Å². The van der Waals surface area contributed by atoms with Gasteiger partial charge in [-0.3, -0.25) is 0 Å². The van der Waals surface area contributed by atoms with Crippen LogP contribution in [0.15, 0.2) is 185 Å². The Labute approximate surface area is 282 Å². The molecule has 0 spiro atoms. The highest BCUT2D eigenvalue weighted by Gasteiger charge is 2.25. The van der Waals surface area contributed by atoms with Gasteiger partial charge in [-0.2, -0.15) is 0 Å². The van der Waals surface area contributed by atoms with Gasteiger partial charge in [-0.05, 0) is 64.5 Å². The van der Waals surface area contributed by atoms with Crippen LogP contribution in [-0.4, -0.2) is 0 Å². The van der Waals surface area contributed by atoms with E-state index in [9.17, 15) is 0 Å². The van der Waals surface area contributed by atoms with Gasteiger partial charge in [0.25, 0.3) is 0 Å². The van der Waals surface area contributed by atoms with E-state index in [1.54, 1.807) is 0 Å². The maximum atomic E-state index is 6.92. The summed E-state index contributed by atoms with van der Waals surface area (Å²) in [4.78, 5) is 2.33. The number of hydrogen-bond acceptors (Lipinski definition) is 3. The fourth-order valence-electron chi connectivity index (χ4n) is 7.37. The van der Waals surface area contributed by atoms with Gasteiger partial charge >= 0.3 is 0 Å². The zero-order chi connectivity index (χ0) is 32.3. The van der Waals surface area contributed by atoms with Crippen LogP contribution < -0.4 is 4.90 Å². The second kappa shape index (κ2) is 11.0. The normalized spacial score (nSPS) is 11.7. The van der Waals surface area contributed by atoms with Crippen molar-refractivity contribution in [3.63, 3.8) is 0 Å². The summed E-state index contributed by atoms with van der Waals surface area (Å²) in [5, 5.41) is 6.58. The largest absolute Gasteiger partial charge is 0.455 e. The highest BCUT2D eigenvalue weighted by Crippen LogP contribution is 2.49. The fraction of sp³-hybridized carbons (Fsp3) is 0. The molecule has 0 aliphatic carbocycles. The minimum atomic E-state index is 0.842. The molecule has 10 aromatic rings. The molecule has 0 saturated carbocycles. The third-order valence-corrected chi connectivity index (χ3v) is 9.67. The molecule has 0 saturated heterocycles. The topological polar surface area (TPSA) is 29.5 Å². The smallest absolute Gasteiger partial charge is 0.159 e. The molecule has 0 atom stereocenters. The van der Waals surface area contributed by atoms with Gasteiger partial charge in [-0.15, -0.1) is 0 Å². The van der Waals surface area contributed by atoms with Crippen molar-refractivity contribution >= 4 is 71.7 Å². The number of anilines is 3. The van der Waals surface area contributed by atoms with Gasteiger partial charge in [-0.1, -0.05) is 133 Å². The number of hydrogen-bond donors (Lipinski definition) is 0. The fourth-order valence-corrected chi connectivity index (χ4v) is 7.37. The van der Waals surface area contributed by atoms with Gasteiger partial charge in [0.2, 0.25) is 0 Å². The van der Waals surface area contributed by atoms with Crippen molar-refractivity contribution < 1.29 is 8.83 Å². The molecule has 0 fully saturated rings. The predicted octanol–water partition coefficient (Wildman–Crippen LogP) is 13.4. The summed E-state index contributed by atoms with van der Waals surface area (Å²) in [6, 6.07) is 61.8. The lowest BCUT2D eigenvalue weighted by Crippen LogP contribution is -2.10. The summed E-state index contributed by atoms with van der Waals surface area (Å²) in [6.07, 6.45) is 0. The van der Waals surface area contributed by atoms with Crippen LogP contribution in [0.3, 0.4) is 0 Å². The van der Waals surface area contributed by atoms with Crippen LogP contribution in [0, 0.1) is 0 Å². The quantitative estimate of drug-likeness (QED) is 0.190. The SMILES string of the molecule is c1ccc(-c2ccc(N(c3cccc4c3oc3c5ccccc5ccc43)c3ccc(-c4ccccc4)c4oc5ccccc5c34)cc2)cc1. The molecular weight excluding hydrogens is 599 g/mol.